The van der Waals surface area contributed by atoms with Crippen LogP contribution in [-0.4, -0.2) is 15.7 Å². The molecule has 0 aliphatic carbocycles. The fourth-order valence-electron chi connectivity index (χ4n) is 1.59. The number of halogens is 2. The number of alkyl halides is 1. The van der Waals surface area contributed by atoms with Gasteiger partial charge in [-0.3, -0.25) is 4.68 Å². The standard InChI is InChI=1S/C15H14ClFN2O/c1-19-9-7-13(18-19)11-20-14-6-5-12(15(17)10-14)4-2-3-8-16/h5-7,9-10H,3,8,11H2,1H3. The van der Waals surface area contributed by atoms with E-state index in [1.165, 1.54) is 6.07 Å². The molecule has 2 aromatic rings. The molecule has 20 heavy (non-hydrogen) atoms. The van der Waals surface area contributed by atoms with Crippen LogP contribution in [0.2, 0.25) is 0 Å². The molecule has 0 spiro atoms. The summed E-state index contributed by atoms with van der Waals surface area (Å²) in [5, 5.41) is 4.18. The molecule has 0 aliphatic heterocycles. The summed E-state index contributed by atoms with van der Waals surface area (Å²) in [6.45, 7) is 0.303. The summed E-state index contributed by atoms with van der Waals surface area (Å²) in [6.07, 6.45) is 2.37. The second-order valence-corrected chi connectivity index (χ2v) is 4.53. The predicted molar refractivity (Wildman–Crippen MR) is 76.2 cm³/mol. The van der Waals surface area contributed by atoms with Gasteiger partial charge in [0.25, 0.3) is 0 Å². The summed E-state index contributed by atoms with van der Waals surface area (Å²) in [7, 11) is 1.83. The number of aryl methyl sites for hydroxylation is 1. The summed E-state index contributed by atoms with van der Waals surface area (Å²) in [5.74, 6) is 6.04. The average Bonchev–Trinajstić information content (AvgIpc) is 2.85. The van der Waals surface area contributed by atoms with Crippen molar-refractivity contribution in [2.75, 3.05) is 5.88 Å². The highest BCUT2D eigenvalue weighted by molar-refractivity contribution is 6.18. The van der Waals surface area contributed by atoms with E-state index < -0.39 is 5.82 Å². The fraction of sp³-hybridized carbons (Fsp3) is 0.267. The zero-order chi connectivity index (χ0) is 14.4. The lowest BCUT2D eigenvalue weighted by atomic mass is 10.2. The third-order valence-electron chi connectivity index (χ3n) is 2.54. The highest BCUT2D eigenvalue weighted by Gasteiger charge is 2.03. The van der Waals surface area contributed by atoms with Crippen LogP contribution in [0.4, 0.5) is 4.39 Å². The second-order valence-electron chi connectivity index (χ2n) is 4.15. The van der Waals surface area contributed by atoms with Gasteiger partial charge in [-0.05, 0) is 18.2 Å². The van der Waals surface area contributed by atoms with Crippen molar-refractivity contribution in [1.29, 1.82) is 0 Å². The van der Waals surface area contributed by atoms with Crippen LogP contribution >= 0.6 is 11.6 Å². The molecule has 0 bridgehead atoms. The summed E-state index contributed by atoms with van der Waals surface area (Å²) >= 11 is 5.51. The Morgan fingerprint density at radius 2 is 2.25 bits per heavy atom. The molecular weight excluding hydrogens is 279 g/mol. The van der Waals surface area contributed by atoms with Crippen molar-refractivity contribution < 1.29 is 9.13 Å². The van der Waals surface area contributed by atoms with Gasteiger partial charge in [0, 0.05) is 31.6 Å². The van der Waals surface area contributed by atoms with Crippen molar-refractivity contribution in [3.8, 4) is 17.6 Å². The van der Waals surface area contributed by atoms with Crippen LogP contribution < -0.4 is 4.74 Å². The normalized spacial score (nSPS) is 9.95. The van der Waals surface area contributed by atoms with Gasteiger partial charge in [-0.15, -0.1) is 11.6 Å². The van der Waals surface area contributed by atoms with E-state index in [1.807, 2.05) is 19.3 Å². The number of nitrogens with zero attached hydrogens (tertiary/aromatic N) is 2. The quantitative estimate of drug-likeness (QED) is 0.639. The molecule has 0 saturated heterocycles. The number of benzene rings is 1. The zero-order valence-electron chi connectivity index (χ0n) is 11.1. The van der Waals surface area contributed by atoms with Crippen molar-refractivity contribution in [2.45, 2.75) is 13.0 Å². The minimum absolute atomic E-state index is 0.303. The Bertz CT molecular complexity index is 643. The lowest BCUT2D eigenvalue weighted by Crippen LogP contribution is -1.98. The molecule has 0 radical (unpaired) electrons. The Morgan fingerprint density at radius 3 is 2.90 bits per heavy atom. The van der Waals surface area contributed by atoms with Crippen LogP contribution in [0.3, 0.4) is 0 Å². The van der Waals surface area contributed by atoms with Gasteiger partial charge in [0.1, 0.15) is 18.2 Å². The monoisotopic (exact) mass is 292 g/mol. The molecule has 0 atom stereocenters. The molecule has 104 valence electrons. The maximum absolute atomic E-state index is 13.8. The molecule has 1 heterocycles. The van der Waals surface area contributed by atoms with Crippen LogP contribution in [-0.2, 0) is 13.7 Å². The van der Waals surface area contributed by atoms with Crippen LogP contribution in [0.15, 0.2) is 30.5 Å². The number of aromatic nitrogens is 2. The number of rotatable bonds is 4. The molecule has 0 saturated carbocycles. The topological polar surface area (TPSA) is 27.1 Å². The Morgan fingerprint density at radius 1 is 1.40 bits per heavy atom. The smallest absolute Gasteiger partial charge is 0.142 e. The van der Waals surface area contributed by atoms with E-state index in [-0.39, 0.29) is 0 Å². The van der Waals surface area contributed by atoms with E-state index in [4.69, 9.17) is 16.3 Å². The van der Waals surface area contributed by atoms with E-state index in [2.05, 4.69) is 16.9 Å². The Labute approximate surface area is 122 Å². The van der Waals surface area contributed by atoms with Crippen molar-refractivity contribution >= 4 is 11.6 Å². The highest BCUT2D eigenvalue weighted by atomic mass is 35.5. The summed E-state index contributed by atoms with van der Waals surface area (Å²) in [6, 6.07) is 6.47. The van der Waals surface area contributed by atoms with Crippen molar-refractivity contribution in [1.82, 2.24) is 9.78 Å². The van der Waals surface area contributed by atoms with E-state index >= 15 is 0 Å². The van der Waals surface area contributed by atoms with Crippen molar-refractivity contribution in [3.05, 3.63) is 47.5 Å². The highest BCUT2D eigenvalue weighted by Crippen LogP contribution is 2.17. The number of hydrogen-bond donors (Lipinski definition) is 0. The average molecular weight is 293 g/mol. The molecule has 5 heteroatoms. The molecular formula is C15H14ClFN2O. The van der Waals surface area contributed by atoms with Crippen LogP contribution in [0.1, 0.15) is 17.7 Å². The summed E-state index contributed by atoms with van der Waals surface area (Å²) in [5.41, 5.74) is 1.14. The third-order valence-corrected chi connectivity index (χ3v) is 2.73. The summed E-state index contributed by atoms with van der Waals surface area (Å²) in [4.78, 5) is 0. The first kappa shape index (κ1) is 14.4. The first-order chi connectivity index (χ1) is 9.69. The van der Waals surface area contributed by atoms with Gasteiger partial charge >= 0.3 is 0 Å². The number of ether oxygens (including phenoxy) is 1. The van der Waals surface area contributed by atoms with E-state index in [9.17, 15) is 4.39 Å². The van der Waals surface area contributed by atoms with Crippen molar-refractivity contribution in [3.63, 3.8) is 0 Å². The first-order valence-corrected chi connectivity index (χ1v) is 6.68. The lowest BCUT2D eigenvalue weighted by molar-refractivity contribution is 0.298. The molecule has 2 rings (SSSR count). The Hall–Kier alpha value is -1.99. The van der Waals surface area contributed by atoms with E-state index in [0.717, 1.165) is 5.69 Å². The van der Waals surface area contributed by atoms with Crippen LogP contribution in [0.5, 0.6) is 5.75 Å². The third kappa shape index (κ3) is 4.01. The van der Waals surface area contributed by atoms with Crippen molar-refractivity contribution in [2.24, 2.45) is 7.05 Å². The van der Waals surface area contributed by atoms with Crippen LogP contribution in [0, 0.1) is 17.7 Å². The number of hydrogen-bond acceptors (Lipinski definition) is 2. The molecule has 1 aromatic carbocycles. The molecule has 0 unspecified atom stereocenters. The fourth-order valence-corrected chi connectivity index (χ4v) is 1.68. The SMILES string of the molecule is Cn1ccc(COc2ccc(C#CCCCl)c(F)c2)n1. The largest absolute Gasteiger partial charge is 0.487 e. The van der Waals surface area contributed by atoms with Gasteiger partial charge in [-0.25, -0.2) is 4.39 Å². The molecule has 0 fully saturated rings. The molecule has 1 aromatic heterocycles. The van der Waals surface area contributed by atoms with E-state index in [0.29, 0.717) is 30.2 Å². The minimum Gasteiger partial charge on any atom is -0.487 e. The van der Waals surface area contributed by atoms with Crippen LogP contribution in [0.25, 0.3) is 0 Å². The lowest BCUT2D eigenvalue weighted by Gasteiger charge is -2.05. The minimum atomic E-state index is -0.398. The second kappa shape index (κ2) is 6.97. The Balaban J connectivity index is 2.00. The van der Waals surface area contributed by atoms with E-state index in [1.54, 1.807) is 16.8 Å². The van der Waals surface area contributed by atoms with Gasteiger partial charge in [0.15, 0.2) is 0 Å². The molecule has 0 N–H and O–H groups in total. The maximum atomic E-state index is 13.8. The molecule has 3 nitrogen and oxygen atoms in total. The summed E-state index contributed by atoms with van der Waals surface area (Å²) < 4.78 is 20.9. The first-order valence-electron chi connectivity index (χ1n) is 6.15. The van der Waals surface area contributed by atoms with Gasteiger partial charge in [-0.1, -0.05) is 11.8 Å². The molecule has 0 amide bonds. The Kier molecular flexibility index (Phi) is 5.03. The van der Waals surface area contributed by atoms with Gasteiger partial charge < -0.3 is 4.74 Å². The predicted octanol–water partition coefficient (Wildman–Crippen LogP) is 3.12. The van der Waals surface area contributed by atoms with Gasteiger partial charge in [0.2, 0.25) is 0 Å². The maximum Gasteiger partial charge on any atom is 0.142 e. The zero-order valence-corrected chi connectivity index (χ0v) is 11.8. The van der Waals surface area contributed by atoms with Gasteiger partial charge in [-0.2, -0.15) is 5.10 Å². The molecule has 0 aliphatic rings. The van der Waals surface area contributed by atoms with Gasteiger partial charge in [0.05, 0.1) is 11.3 Å².